The predicted molar refractivity (Wildman–Crippen MR) is 50.5 cm³/mol. The van der Waals surface area contributed by atoms with E-state index in [0.717, 1.165) is 6.07 Å². The van der Waals surface area contributed by atoms with Crippen molar-refractivity contribution in [1.82, 2.24) is 0 Å². The first-order valence-corrected chi connectivity index (χ1v) is 4.60. The van der Waals surface area contributed by atoms with Crippen molar-refractivity contribution in [3.05, 3.63) is 34.4 Å². The lowest BCUT2D eigenvalue weighted by molar-refractivity contribution is -0.138. The van der Waals surface area contributed by atoms with Crippen LogP contribution in [0, 0.1) is 18.3 Å². The maximum atomic E-state index is 12.5. The van der Waals surface area contributed by atoms with Crippen LogP contribution in [0.2, 0.25) is 0 Å². The van der Waals surface area contributed by atoms with Crippen molar-refractivity contribution in [3.63, 3.8) is 0 Å². The van der Waals surface area contributed by atoms with Gasteiger partial charge in [0.15, 0.2) is 0 Å². The minimum absolute atomic E-state index is 0.0251. The standard InChI is InChI=1S/C10H7ClF3N/c1-6-2-7(4-11)8(5-15)3-9(6)10(12,13)14/h2-3H,4H2,1H3. The molecule has 0 amide bonds. The highest BCUT2D eigenvalue weighted by Crippen LogP contribution is 2.33. The summed E-state index contributed by atoms with van der Waals surface area (Å²) in [4.78, 5) is 0. The number of nitrogens with zero attached hydrogens (tertiary/aromatic N) is 1. The third kappa shape index (κ3) is 2.42. The highest BCUT2D eigenvalue weighted by atomic mass is 35.5. The van der Waals surface area contributed by atoms with Crippen molar-refractivity contribution in [2.24, 2.45) is 0 Å². The van der Waals surface area contributed by atoms with Crippen LogP contribution in [0.1, 0.15) is 22.3 Å². The first kappa shape index (κ1) is 11.9. The lowest BCUT2D eigenvalue weighted by Crippen LogP contribution is -2.08. The summed E-state index contributed by atoms with van der Waals surface area (Å²) in [6.45, 7) is 1.35. The molecule has 15 heavy (non-hydrogen) atoms. The van der Waals surface area contributed by atoms with Gasteiger partial charge in [0.25, 0.3) is 0 Å². The van der Waals surface area contributed by atoms with Crippen LogP contribution in [-0.4, -0.2) is 0 Å². The minimum atomic E-state index is -4.43. The Morgan fingerprint density at radius 2 is 2.00 bits per heavy atom. The highest BCUT2D eigenvalue weighted by Gasteiger charge is 2.33. The first-order valence-electron chi connectivity index (χ1n) is 4.07. The van der Waals surface area contributed by atoms with E-state index >= 15 is 0 Å². The molecular formula is C10H7ClF3N. The molecule has 1 nitrogen and oxygen atoms in total. The van der Waals surface area contributed by atoms with Gasteiger partial charge in [0.1, 0.15) is 0 Å². The summed E-state index contributed by atoms with van der Waals surface area (Å²) >= 11 is 5.52. The number of halogens is 4. The van der Waals surface area contributed by atoms with Gasteiger partial charge in [-0.05, 0) is 24.1 Å². The summed E-state index contributed by atoms with van der Waals surface area (Å²) in [5.41, 5.74) is -0.308. The summed E-state index contributed by atoms with van der Waals surface area (Å²) < 4.78 is 37.4. The van der Waals surface area contributed by atoms with E-state index < -0.39 is 11.7 Å². The third-order valence-electron chi connectivity index (χ3n) is 2.02. The molecule has 1 rings (SSSR count). The molecule has 0 fully saturated rings. The zero-order chi connectivity index (χ0) is 11.6. The zero-order valence-electron chi connectivity index (χ0n) is 7.82. The fourth-order valence-corrected chi connectivity index (χ4v) is 1.51. The number of alkyl halides is 4. The maximum Gasteiger partial charge on any atom is 0.416 e. The van der Waals surface area contributed by atoms with Gasteiger partial charge in [0.05, 0.1) is 17.2 Å². The molecule has 5 heteroatoms. The summed E-state index contributed by atoms with van der Waals surface area (Å²) in [5.74, 6) is 0.0296. The summed E-state index contributed by atoms with van der Waals surface area (Å²) in [6, 6.07) is 3.84. The topological polar surface area (TPSA) is 23.8 Å². The average molecular weight is 234 g/mol. The van der Waals surface area contributed by atoms with E-state index in [1.54, 1.807) is 6.07 Å². The fraction of sp³-hybridized carbons (Fsp3) is 0.300. The van der Waals surface area contributed by atoms with E-state index in [1.165, 1.54) is 13.0 Å². The SMILES string of the molecule is Cc1cc(CCl)c(C#N)cc1C(F)(F)F. The fourth-order valence-electron chi connectivity index (χ4n) is 1.29. The van der Waals surface area contributed by atoms with Gasteiger partial charge in [-0.2, -0.15) is 18.4 Å². The van der Waals surface area contributed by atoms with Crippen molar-refractivity contribution in [1.29, 1.82) is 5.26 Å². The van der Waals surface area contributed by atoms with E-state index in [9.17, 15) is 13.2 Å². The molecule has 0 aliphatic rings. The van der Waals surface area contributed by atoms with Crippen molar-refractivity contribution < 1.29 is 13.2 Å². The Morgan fingerprint density at radius 3 is 2.40 bits per heavy atom. The average Bonchev–Trinajstić information content (AvgIpc) is 2.15. The molecule has 0 unspecified atom stereocenters. The molecule has 1 aromatic carbocycles. The molecule has 0 bridgehead atoms. The van der Waals surface area contributed by atoms with Crippen LogP contribution in [-0.2, 0) is 12.1 Å². The van der Waals surface area contributed by atoms with Crippen molar-refractivity contribution >= 4 is 11.6 Å². The van der Waals surface area contributed by atoms with Crippen LogP contribution in [0.25, 0.3) is 0 Å². The summed E-state index contributed by atoms with van der Waals surface area (Å²) in [6.07, 6.45) is -4.43. The number of hydrogen-bond donors (Lipinski definition) is 0. The third-order valence-corrected chi connectivity index (χ3v) is 2.31. The van der Waals surface area contributed by atoms with Gasteiger partial charge in [0, 0.05) is 5.88 Å². The Kier molecular flexibility index (Phi) is 3.25. The molecule has 0 atom stereocenters. The number of rotatable bonds is 1. The molecule has 0 saturated carbocycles. The molecule has 1 aromatic rings. The van der Waals surface area contributed by atoms with Crippen LogP contribution in [0.4, 0.5) is 13.2 Å². The van der Waals surface area contributed by atoms with Gasteiger partial charge in [-0.15, -0.1) is 11.6 Å². The summed E-state index contributed by atoms with van der Waals surface area (Å²) in [7, 11) is 0. The van der Waals surface area contributed by atoms with E-state index in [2.05, 4.69) is 0 Å². The van der Waals surface area contributed by atoms with Gasteiger partial charge in [-0.3, -0.25) is 0 Å². The van der Waals surface area contributed by atoms with Gasteiger partial charge in [0.2, 0.25) is 0 Å². The van der Waals surface area contributed by atoms with Gasteiger partial charge < -0.3 is 0 Å². The molecule has 0 aliphatic carbocycles. The Bertz CT molecular complexity index is 418. The van der Waals surface area contributed by atoms with Crippen molar-refractivity contribution in [2.75, 3.05) is 0 Å². The Labute approximate surface area is 90.1 Å². The zero-order valence-corrected chi connectivity index (χ0v) is 8.58. The number of benzene rings is 1. The number of nitriles is 1. The molecule has 0 spiro atoms. The lowest BCUT2D eigenvalue weighted by Gasteiger charge is -2.12. The van der Waals surface area contributed by atoms with Crippen LogP contribution < -0.4 is 0 Å². The van der Waals surface area contributed by atoms with Gasteiger partial charge in [-0.25, -0.2) is 0 Å². The second-order valence-corrected chi connectivity index (χ2v) is 3.33. The molecule has 0 radical (unpaired) electrons. The molecule has 80 valence electrons. The van der Waals surface area contributed by atoms with Gasteiger partial charge >= 0.3 is 6.18 Å². The number of aryl methyl sites for hydroxylation is 1. The normalized spacial score (nSPS) is 11.2. The monoisotopic (exact) mass is 233 g/mol. The van der Waals surface area contributed by atoms with Gasteiger partial charge in [-0.1, -0.05) is 6.07 Å². The first-order chi connectivity index (χ1) is 6.90. The molecule has 0 aliphatic heterocycles. The molecule has 0 aromatic heterocycles. The van der Waals surface area contributed by atoms with Crippen LogP contribution >= 0.6 is 11.6 Å². The van der Waals surface area contributed by atoms with Crippen LogP contribution in [0.15, 0.2) is 12.1 Å². The van der Waals surface area contributed by atoms with E-state index in [-0.39, 0.29) is 17.0 Å². The smallest absolute Gasteiger partial charge is 0.192 e. The highest BCUT2D eigenvalue weighted by molar-refractivity contribution is 6.17. The van der Waals surface area contributed by atoms with Crippen molar-refractivity contribution in [2.45, 2.75) is 19.0 Å². The van der Waals surface area contributed by atoms with E-state index in [0.29, 0.717) is 5.56 Å². The second kappa shape index (κ2) is 4.11. The minimum Gasteiger partial charge on any atom is -0.192 e. The van der Waals surface area contributed by atoms with E-state index in [4.69, 9.17) is 16.9 Å². The van der Waals surface area contributed by atoms with E-state index in [1.807, 2.05) is 0 Å². The number of hydrogen-bond acceptors (Lipinski definition) is 1. The van der Waals surface area contributed by atoms with Crippen molar-refractivity contribution in [3.8, 4) is 6.07 Å². The van der Waals surface area contributed by atoms with Crippen LogP contribution in [0.5, 0.6) is 0 Å². The molecule has 0 saturated heterocycles. The quantitative estimate of drug-likeness (QED) is 0.680. The molecular weight excluding hydrogens is 227 g/mol. The lowest BCUT2D eigenvalue weighted by atomic mass is 10.0. The van der Waals surface area contributed by atoms with Crippen LogP contribution in [0.3, 0.4) is 0 Å². The summed E-state index contributed by atoms with van der Waals surface area (Å²) in [5, 5.41) is 8.65. The predicted octanol–water partition coefficient (Wildman–Crippen LogP) is 3.62. The molecule has 0 heterocycles. The molecule has 0 N–H and O–H groups in total. The Hall–Kier alpha value is -1.21. The second-order valence-electron chi connectivity index (χ2n) is 3.07. The Balaban J connectivity index is 3.41. The maximum absolute atomic E-state index is 12.5. The largest absolute Gasteiger partial charge is 0.416 e. The Morgan fingerprint density at radius 1 is 1.40 bits per heavy atom.